The molecule has 1 aliphatic heterocycles. The van der Waals surface area contributed by atoms with Gasteiger partial charge in [0, 0.05) is 11.5 Å². The highest BCUT2D eigenvalue weighted by atomic mass is 16.5. The predicted molar refractivity (Wildman–Crippen MR) is 81.7 cm³/mol. The summed E-state index contributed by atoms with van der Waals surface area (Å²) >= 11 is 0. The lowest BCUT2D eigenvalue weighted by molar-refractivity contribution is -0.123. The number of aromatic nitrogens is 2. The number of carbonyl (C=O) groups excluding carboxylic acids is 1. The fourth-order valence-electron chi connectivity index (χ4n) is 2.82. The Bertz CT molecular complexity index is 660. The molecule has 0 radical (unpaired) electrons. The number of nitrogens with two attached hydrogens (primary N) is 1. The Balaban J connectivity index is 1.63. The maximum Gasteiger partial charge on any atom is 0.241 e. The lowest BCUT2D eigenvalue weighted by Crippen LogP contribution is -2.38. The van der Waals surface area contributed by atoms with Crippen LogP contribution < -0.4 is 5.73 Å². The highest BCUT2D eigenvalue weighted by Crippen LogP contribution is 2.22. The van der Waals surface area contributed by atoms with Crippen molar-refractivity contribution in [3.05, 3.63) is 35.7 Å². The summed E-state index contributed by atoms with van der Waals surface area (Å²) in [6, 6.07) is 7.97. The Hall–Kier alpha value is -2.21. The molecule has 1 fully saturated rings. The molecule has 0 aliphatic carbocycles. The van der Waals surface area contributed by atoms with Gasteiger partial charge in [0.1, 0.15) is 0 Å². The quantitative estimate of drug-likeness (QED) is 0.929. The molecule has 22 heavy (non-hydrogen) atoms. The van der Waals surface area contributed by atoms with Crippen molar-refractivity contribution in [1.29, 1.82) is 0 Å². The number of nitrogens with zero attached hydrogens (tertiary/aromatic N) is 3. The molecule has 116 valence electrons. The second-order valence-corrected chi connectivity index (χ2v) is 5.78. The van der Waals surface area contributed by atoms with Crippen LogP contribution in [0.2, 0.25) is 0 Å². The number of amides is 1. The second-order valence-electron chi connectivity index (χ2n) is 5.78. The van der Waals surface area contributed by atoms with Crippen molar-refractivity contribution in [2.75, 3.05) is 13.1 Å². The van der Waals surface area contributed by atoms with E-state index in [0.717, 1.165) is 37.1 Å². The average molecular weight is 300 g/mol. The van der Waals surface area contributed by atoms with E-state index in [0.29, 0.717) is 18.3 Å². The highest BCUT2D eigenvalue weighted by Gasteiger charge is 2.24. The smallest absolute Gasteiger partial charge is 0.241 e. The summed E-state index contributed by atoms with van der Waals surface area (Å²) in [6.07, 6.45) is 1.60. The molecule has 0 spiro atoms. The zero-order chi connectivity index (χ0) is 15.5. The SMILES string of the molecule is Cc1ccccc1-c1noc(CN2CCC(C(N)=O)CC2)n1. The molecule has 6 heteroatoms. The minimum atomic E-state index is -0.195. The van der Waals surface area contributed by atoms with Gasteiger partial charge in [0.15, 0.2) is 0 Å². The van der Waals surface area contributed by atoms with Gasteiger partial charge >= 0.3 is 0 Å². The maximum atomic E-state index is 11.2. The third kappa shape index (κ3) is 3.17. The van der Waals surface area contributed by atoms with Gasteiger partial charge in [0.2, 0.25) is 17.6 Å². The van der Waals surface area contributed by atoms with Crippen LogP contribution >= 0.6 is 0 Å². The van der Waals surface area contributed by atoms with Gasteiger partial charge in [-0.25, -0.2) is 0 Å². The van der Waals surface area contributed by atoms with Crippen molar-refractivity contribution in [3.8, 4) is 11.4 Å². The van der Waals surface area contributed by atoms with Crippen LogP contribution in [-0.4, -0.2) is 34.0 Å². The van der Waals surface area contributed by atoms with Crippen LogP contribution in [0.5, 0.6) is 0 Å². The van der Waals surface area contributed by atoms with E-state index in [-0.39, 0.29) is 11.8 Å². The standard InChI is InChI=1S/C16H20N4O2/c1-11-4-2-3-5-13(11)16-18-14(22-19-16)10-20-8-6-12(7-9-20)15(17)21/h2-5,12H,6-10H2,1H3,(H2,17,21). The number of aryl methyl sites for hydroxylation is 1. The summed E-state index contributed by atoms with van der Waals surface area (Å²) < 4.78 is 5.36. The fraction of sp³-hybridized carbons (Fsp3) is 0.438. The normalized spacial score (nSPS) is 16.8. The van der Waals surface area contributed by atoms with Gasteiger partial charge in [-0.1, -0.05) is 29.4 Å². The lowest BCUT2D eigenvalue weighted by Gasteiger charge is -2.29. The Morgan fingerprint density at radius 3 is 2.77 bits per heavy atom. The van der Waals surface area contributed by atoms with Crippen LogP contribution in [0.3, 0.4) is 0 Å². The molecule has 6 nitrogen and oxygen atoms in total. The van der Waals surface area contributed by atoms with Crippen molar-refractivity contribution in [1.82, 2.24) is 15.0 Å². The van der Waals surface area contributed by atoms with Gasteiger partial charge in [0.25, 0.3) is 0 Å². The molecular weight excluding hydrogens is 280 g/mol. The molecule has 1 aromatic carbocycles. The van der Waals surface area contributed by atoms with E-state index in [1.54, 1.807) is 0 Å². The van der Waals surface area contributed by atoms with Crippen LogP contribution in [-0.2, 0) is 11.3 Å². The number of likely N-dealkylation sites (tertiary alicyclic amines) is 1. The summed E-state index contributed by atoms with van der Waals surface area (Å²) in [4.78, 5) is 17.9. The van der Waals surface area contributed by atoms with Crippen LogP contribution in [0.1, 0.15) is 24.3 Å². The summed E-state index contributed by atoms with van der Waals surface area (Å²) in [5, 5.41) is 4.07. The van der Waals surface area contributed by atoms with E-state index < -0.39 is 0 Å². The summed E-state index contributed by atoms with van der Waals surface area (Å²) in [7, 11) is 0. The number of hydrogen-bond acceptors (Lipinski definition) is 5. The zero-order valence-electron chi connectivity index (χ0n) is 12.7. The largest absolute Gasteiger partial charge is 0.369 e. The third-order valence-electron chi connectivity index (χ3n) is 4.20. The Morgan fingerprint density at radius 1 is 1.36 bits per heavy atom. The molecule has 0 saturated carbocycles. The molecule has 1 aromatic heterocycles. The Labute approximate surface area is 129 Å². The molecule has 1 aliphatic rings. The van der Waals surface area contributed by atoms with E-state index in [4.69, 9.17) is 10.3 Å². The van der Waals surface area contributed by atoms with Crippen molar-refractivity contribution in [2.45, 2.75) is 26.3 Å². The predicted octanol–water partition coefficient (Wildman–Crippen LogP) is 1.74. The first-order chi connectivity index (χ1) is 10.6. The highest BCUT2D eigenvalue weighted by molar-refractivity contribution is 5.76. The van der Waals surface area contributed by atoms with Gasteiger partial charge in [-0.15, -0.1) is 0 Å². The molecule has 3 rings (SSSR count). The van der Waals surface area contributed by atoms with Crippen molar-refractivity contribution >= 4 is 5.91 Å². The van der Waals surface area contributed by atoms with E-state index in [2.05, 4.69) is 15.0 Å². The second kappa shape index (κ2) is 6.27. The van der Waals surface area contributed by atoms with E-state index in [9.17, 15) is 4.79 Å². The van der Waals surface area contributed by atoms with E-state index >= 15 is 0 Å². The molecule has 1 amide bonds. The molecule has 0 atom stereocenters. The molecule has 2 N–H and O–H groups in total. The van der Waals surface area contributed by atoms with Gasteiger partial charge in [0.05, 0.1) is 6.54 Å². The number of carbonyl (C=O) groups is 1. The Morgan fingerprint density at radius 2 is 2.09 bits per heavy atom. The summed E-state index contributed by atoms with van der Waals surface area (Å²) in [6.45, 7) is 4.30. The molecule has 2 aromatic rings. The maximum absolute atomic E-state index is 11.2. The third-order valence-corrected chi connectivity index (χ3v) is 4.20. The number of benzene rings is 1. The molecule has 0 unspecified atom stereocenters. The lowest BCUT2D eigenvalue weighted by atomic mass is 9.96. The van der Waals surface area contributed by atoms with Crippen molar-refractivity contribution in [3.63, 3.8) is 0 Å². The van der Waals surface area contributed by atoms with Crippen LogP contribution in [0.15, 0.2) is 28.8 Å². The molecule has 0 bridgehead atoms. The van der Waals surface area contributed by atoms with Crippen molar-refractivity contribution in [2.24, 2.45) is 11.7 Å². The zero-order valence-corrected chi connectivity index (χ0v) is 12.7. The van der Waals surface area contributed by atoms with Crippen LogP contribution in [0.25, 0.3) is 11.4 Å². The fourth-order valence-corrected chi connectivity index (χ4v) is 2.82. The van der Waals surface area contributed by atoms with Gasteiger partial charge < -0.3 is 10.3 Å². The van der Waals surface area contributed by atoms with E-state index in [1.807, 2.05) is 31.2 Å². The first kappa shape index (κ1) is 14.7. The Kier molecular flexibility index (Phi) is 4.20. The van der Waals surface area contributed by atoms with Crippen LogP contribution in [0, 0.1) is 12.8 Å². The number of hydrogen-bond donors (Lipinski definition) is 1. The molecule has 1 saturated heterocycles. The van der Waals surface area contributed by atoms with Crippen molar-refractivity contribution < 1.29 is 9.32 Å². The van der Waals surface area contributed by atoms with Crippen LogP contribution in [0.4, 0.5) is 0 Å². The summed E-state index contributed by atoms with van der Waals surface area (Å²) in [5.74, 6) is 1.04. The molecule has 2 heterocycles. The van der Waals surface area contributed by atoms with Gasteiger partial charge in [-0.3, -0.25) is 9.69 Å². The molecular formula is C16H20N4O2. The average Bonchev–Trinajstić information content (AvgIpc) is 2.96. The number of primary amides is 1. The van der Waals surface area contributed by atoms with Gasteiger partial charge in [-0.2, -0.15) is 4.98 Å². The van der Waals surface area contributed by atoms with Gasteiger partial charge in [-0.05, 0) is 38.4 Å². The topological polar surface area (TPSA) is 85.3 Å². The number of piperidine rings is 1. The first-order valence-electron chi connectivity index (χ1n) is 7.54. The monoisotopic (exact) mass is 300 g/mol. The van der Waals surface area contributed by atoms with E-state index in [1.165, 1.54) is 0 Å². The summed E-state index contributed by atoms with van der Waals surface area (Å²) in [5.41, 5.74) is 7.46. The minimum Gasteiger partial charge on any atom is -0.369 e. The first-order valence-corrected chi connectivity index (χ1v) is 7.54. The minimum absolute atomic E-state index is 0.00136. The number of rotatable bonds is 4.